The van der Waals surface area contributed by atoms with Gasteiger partial charge in [0.1, 0.15) is 12.4 Å². The Bertz CT molecular complexity index is 222. The van der Waals surface area contributed by atoms with Crippen LogP contribution >= 0.6 is 0 Å². The maximum absolute atomic E-state index is 11.7. The fourth-order valence-corrected chi connectivity index (χ4v) is 0.913. The average Bonchev–Trinajstić information content (AvgIpc) is 2.09. The Kier molecular flexibility index (Phi) is 3.54. The van der Waals surface area contributed by atoms with Crippen LogP contribution in [-0.4, -0.2) is 18.3 Å². The molecule has 0 bridgehead atoms. The van der Waals surface area contributed by atoms with Crippen LogP contribution in [-0.2, 0) is 6.54 Å². The zero-order chi connectivity index (χ0) is 8.81. The summed E-state index contributed by atoms with van der Waals surface area (Å²) in [6.07, 6.45) is 0. The summed E-state index contributed by atoms with van der Waals surface area (Å²) in [7, 11) is 0. The van der Waals surface area contributed by atoms with E-state index in [-0.39, 0.29) is 12.4 Å². The molecule has 0 spiro atoms. The molecule has 1 aromatic rings. The largest absolute Gasteiger partial charge is 0.508 e. The number of phenols is 1. The summed E-state index contributed by atoms with van der Waals surface area (Å²) in [6, 6.07) is 6.85. The van der Waals surface area contributed by atoms with Crippen molar-refractivity contribution >= 4 is 0 Å². The molecule has 0 aromatic heterocycles. The second kappa shape index (κ2) is 4.72. The third kappa shape index (κ3) is 2.88. The van der Waals surface area contributed by atoms with Gasteiger partial charge in [-0.15, -0.1) is 0 Å². The fraction of sp³-hybridized carbons (Fsp3) is 0.333. The van der Waals surface area contributed by atoms with Crippen LogP contribution in [0.25, 0.3) is 0 Å². The Labute approximate surface area is 71.0 Å². The van der Waals surface area contributed by atoms with E-state index in [2.05, 4.69) is 5.32 Å². The Morgan fingerprint density at radius 3 is 2.50 bits per heavy atom. The first kappa shape index (κ1) is 9.00. The van der Waals surface area contributed by atoms with E-state index in [4.69, 9.17) is 5.11 Å². The predicted molar refractivity (Wildman–Crippen MR) is 45.8 cm³/mol. The van der Waals surface area contributed by atoms with Crippen molar-refractivity contribution in [2.75, 3.05) is 13.2 Å². The summed E-state index contributed by atoms with van der Waals surface area (Å²) in [5, 5.41) is 11.9. The smallest absolute Gasteiger partial charge is 0.115 e. The van der Waals surface area contributed by atoms with Gasteiger partial charge >= 0.3 is 0 Å². The first-order chi connectivity index (χ1) is 5.83. The number of halogens is 1. The molecular weight excluding hydrogens is 157 g/mol. The number of aromatic hydroxyl groups is 1. The zero-order valence-electron chi connectivity index (χ0n) is 6.76. The van der Waals surface area contributed by atoms with Crippen LogP contribution in [0.5, 0.6) is 5.75 Å². The molecule has 0 atom stereocenters. The molecule has 0 heterocycles. The number of hydrogen-bond acceptors (Lipinski definition) is 2. The molecule has 0 aliphatic rings. The number of benzene rings is 1. The molecule has 1 aromatic carbocycles. The number of alkyl halides is 1. The minimum Gasteiger partial charge on any atom is -0.508 e. The molecule has 0 radical (unpaired) electrons. The standard InChI is InChI=1S/C9H12FNO/c10-5-6-11-7-8-1-3-9(12)4-2-8/h1-4,11-12H,5-7H2. The van der Waals surface area contributed by atoms with Crippen molar-refractivity contribution in [3.05, 3.63) is 29.8 Å². The monoisotopic (exact) mass is 169 g/mol. The van der Waals surface area contributed by atoms with Crippen molar-refractivity contribution < 1.29 is 9.50 Å². The lowest BCUT2D eigenvalue weighted by molar-refractivity contribution is 0.465. The molecule has 2 N–H and O–H groups in total. The quantitative estimate of drug-likeness (QED) is 0.669. The Hall–Kier alpha value is -1.09. The van der Waals surface area contributed by atoms with Crippen molar-refractivity contribution in [3.8, 4) is 5.75 Å². The van der Waals surface area contributed by atoms with Crippen LogP contribution in [0.1, 0.15) is 5.56 Å². The van der Waals surface area contributed by atoms with Gasteiger partial charge in [-0.05, 0) is 17.7 Å². The van der Waals surface area contributed by atoms with E-state index >= 15 is 0 Å². The van der Waals surface area contributed by atoms with Crippen LogP contribution < -0.4 is 5.32 Å². The van der Waals surface area contributed by atoms with Gasteiger partial charge in [-0.2, -0.15) is 0 Å². The summed E-state index contributed by atoms with van der Waals surface area (Å²) < 4.78 is 11.7. The summed E-state index contributed by atoms with van der Waals surface area (Å²) >= 11 is 0. The minimum absolute atomic E-state index is 0.254. The summed E-state index contributed by atoms with van der Waals surface area (Å²) in [5.74, 6) is 0.254. The van der Waals surface area contributed by atoms with E-state index in [1.807, 2.05) is 0 Å². The van der Waals surface area contributed by atoms with Gasteiger partial charge in [0.25, 0.3) is 0 Å². The molecule has 0 aliphatic heterocycles. The van der Waals surface area contributed by atoms with Gasteiger partial charge in [0, 0.05) is 13.1 Å². The van der Waals surface area contributed by atoms with Gasteiger partial charge in [0.2, 0.25) is 0 Å². The van der Waals surface area contributed by atoms with Crippen molar-refractivity contribution in [1.82, 2.24) is 5.32 Å². The molecule has 2 nitrogen and oxygen atoms in total. The molecule has 0 aliphatic carbocycles. The normalized spacial score (nSPS) is 10.1. The van der Waals surface area contributed by atoms with Gasteiger partial charge in [0.15, 0.2) is 0 Å². The van der Waals surface area contributed by atoms with Crippen LogP contribution in [0.15, 0.2) is 24.3 Å². The van der Waals surface area contributed by atoms with E-state index < -0.39 is 0 Å². The van der Waals surface area contributed by atoms with Crippen LogP contribution in [0.4, 0.5) is 4.39 Å². The second-order valence-electron chi connectivity index (χ2n) is 2.53. The topological polar surface area (TPSA) is 32.3 Å². The highest BCUT2D eigenvalue weighted by molar-refractivity contribution is 5.25. The van der Waals surface area contributed by atoms with Crippen LogP contribution in [0.2, 0.25) is 0 Å². The first-order valence-electron chi connectivity index (χ1n) is 3.87. The molecule has 1 rings (SSSR count). The molecule has 0 amide bonds. The van der Waals surface area contributed by atoms with Gasteiger partial charge in [0.05, 0.1) is 0 Å². The highest BCUT2D eigenvalue weighted by Crippen LogP contribution is 2.08. The van der Waals surface area contributed by atoms with Gasteiger partial charge in [-0.3, -0.25) is 0 Å². The Morgan fingerprint density at radius 1 is 1.25 bits per heavy atom. The van der Waals surface area contributed by atoms with Gasteiger partial charge in [-0.1, -0.05) is 12.1 Å². The van der Waals surface area contributed by atoms with Crippen LogP contribution in [0.3, 0.4) is 0 Å². The summed E-state index contributed by atoms with van der Waals surface area (Å²) in [4.78, 5) is 0. The molecule has 12 heavy (non-hydrogen) atoms. The molecule has 0 saturated heterocycles. The van der Waals surface area contributed by atoms with E-state index in [0.717, 1.165) is 5.56 Å². The third-order valence-electron chi connectivity index (χ3n) is 1.54. The zero-order valence-corrected chi connectivity index (χ0v) is 6.76. The summed E-state index contributed by atoms with van der Waals surface area (Å²) in [5.41, 5.74) is 1.04. The lowest BCUT2D eigenvalue weighted by Crippen LogP contribution is -2.15. The second-order valence-corrected chi connectivity index (χ2v) is 2.53. The van der Waals surface area contributed by atoms with Crippen molar-refractivity contribution in [2.24, 2.45) is 0 Å². The molecular formula is C9H12FNO. The van der Waals surface area contributed by atoms with Crippen LogP contribution in [0, 0.1) is 0 Å². The Balaban J connectivity index is 2.37. The molecule has 0 fully saturated rings. The third-order valence-corrected chi connectivity index (χ3v) is 1.54. The number of phenolic OH excluding ortho intramolecular Hbond substituents is 1. The molecule has 66 valence electrons. The van der Waals surface area contributed by atoms with E-state index in [0.29, 0.717) is 13.1 Å². The molecule has 3 heteroatoms. The SMILES string of the molecule is Oc1ccc(CNCCF)cc1. The highest BCUT2D eigenvalue weighted by atomic mass is 19.1. The van der Waals surface area contributed by atoms with Gasteiger partial charge in [-0.25, -0.2) is 4.39 Å². The fourth-order valence-electron chi connectivity index (χ4n) is 0.913. The van der Waals surface area contributed by atoms with Crippen molar-refractivity contribution in [3.63, 3.8) is 0 Å². The predicted octanol–water partition coefficient (Wildman–Crippen LogP) is 1.45. The lowest BCUT2D eigenvalue weighted by atomic mass is 10.2. The number of hydrogen-bond donors (Lipinski definition) is 2. The summed E-state index contributed by atoms with van der Waals surface area (Å²) in [6.45, 7) is 0.670. The highest BCUT2D eigenvalue weighted by Gasteiger charge is 1.91. The van der Waals surface area contributed by atoms with Crippen molar-refractivity contribution in [2.45, 2.75) is 6.54 Å². The maximum Gasteiger partial charge on any atom is 0.115 e. The minimum atomic E-state index is -0.349. The van der Waals surface area contributed by atoms with E-state index in [1.54, 1.807) is 24.3 Å². The molecule has 0 unspecified atom stereocenters. The average molecular weight is 169 g/mol. The van der Waals surface area contributed by atoms with Crippen molar-refractivity contribution in [1.29, 1.82) is 0 Å². The van der Waals surface area contributed by atoms with E-state index in [1.165, 1.54) is 0 Å². The number of nitrogens with one attached hydrogen (secondary N) is 1. The maximum atomic E-state index is 11.7. The molecule has 0 saturated carbocycles. The first-order valence-corrected chi connectivity index (χ1v) is 3.87. The number of rotatable bonds is 4. The van der Waals surface area contributed by atoms with Gasteiger partial charge < -0.3 is 10.4 Å². The van der Waals surface area contributed by atoms with E-state index in [9.17, 15) is 4.39 Å². The lowest BCUT2D eigenvalue weighted by Gasteiger charge is -2.01. The Morgan fingerprint density at radius 2 is 1.92 bits per heavy atom.